The van der Waals surface area contributed by atoms with E-state index in [4.69, 9.17) is 4.74 Å². The van der Waals surface area contributed by atoms with Gasteiger partial charge in [0, 0.05) is 19.5 Å². The van der Waals surface area contributed by atoms with Gasteiger partial charge in [-0.3, -0.25) is 4.68 Å². The number of aryl methyl sites for hydroxylation is 1. The molecule has 0 aliphatic heterocycles. The van der Waals surface area contributed by atoms with Crippen LogP contribution in [0.2, 0.25) is 0 Å². The molecule has 0 amide bonds. The molecule has 1 aromatic heterocycles. The van der Waals surface area contributed by atoms with Crippen LogP contribution in [0.4, 0.5) is 0 Å². The Morgan fingerprint density at radius 2 is 2.20 bits per heavy atom. The van der Waals surface area contributed by atoms with Crippen LogP contribution in [0.1, 0.15) is 26.0 Å². The highest BCUT2D eigenvalue weighted by atomic mass is 16.5. The standard InChI is InChI=1S/C11H21N3O/c1-4-7-12-8-6-10-11(15-3)9-13-14(10)5-2/h9,12H,4-8H2,1-3H3. The third-order valence-corrected chi connectivity index (χ3v) is 2.40. The van der Waals surface area contributed by atoms with Crippen molar-refractivity contribution < 1.29 is 4.74 Å². The van der Waals surface area contributed by atoms with Crippen molar-refractivity contribution in [1.29, 1.82) is 0 Å². The molecule has 4 heteroatoms. The first-order valence-electron chi connectivity index (χ1n) is 5.62. The van der Waals surface area contributed by atoms with Gasteiger partial charge in [0.05, 0.1) is 19.0 Å². The minimum atomic E-state index is 0.895. The fourth-order valence-corrected chi connectivity index (χ4v) is 1.60. The van der Waals surface area contributed by atoms with Gasteiger partial charge >= 0.3 is 0 Å². The van der Waals surface area contributed by atoms with Crippen LogP contribution in [0.15, 0.2) is 6.20 Å². The lowest BCUT2D eigenvalue weighted by molar-refractivity contribution is 0.406. The minimum Gasteiger partial charge on any atom is -0.493 e. The highest BCUT2D eigenvalue weighted by Gasteiger charge is 2.09. The summed E-state index contributed by atoms with van der Waals surface area (Å²) < 4.78 is 7.27. The summed E-state index contributed by atoms with van der Waals surface area (Å²) in [6.45, 7) is 7.21. The summed E-state index contributed by atoms with van der Waals surface area (Å²) in [6.07, 6.45) is 3.93. The zero-order valence-electron chi connectivity index (χ0n) is 9.92. The summed E-state index contributed by atoms with van der Waals surface area (Å²) in [5, 5.41) is 7.65. The Bertz CT molecular complexity index is 262. The van der Waals surface area contributed by atoms with Crippen molar-refractivity contribution >= 4 is 0 Å². The maximum atomic E-state index is 5.27. The third-order valence-electron chi connectivity index (χ3n) is 2.40. The van der Waals surface area contributed by atoms with Gasteiger partial charge in [-0.1, -0.05) is 6.92 Å². The van der Waals surface area contributed by atoms with Gasteiger partial charge in [0.15, 0.2) is 5.75 Å². The second-order valence-electron chi connectivity index (χ2n) is 3.48. The Hall–Kier alpha value is -1.03. The van der Waals surface area contributed by atoms with Crippen molar-refractivity contribution in [2.24, 2.45) is 0 Å². The monoisotopic (exact) mass is 211 g/mol. The summed E-state index contributed by atoms with van der Waals surface area (Å²) >= 11 is 0. The Kier molecular flexibility index (Phi) is 5.18. The lowest BCUT2D eigenvalue weighted by Gasteiger charge is -2.07. The van der Waals surface area contributed by atoms with Gasteiger partial charge in [-0.05, 0) is 19.9 Å². The first-order chi connectivity index (χ1) is 7.33. The SMILES string of the molecule is CCCNCCc1c(OC)cnn1CC. The van der Waals surface area contributed by atoms with Crippen LogP contribution in [0.5, 0.6) is 5.75 Å². The van der Waals surface area contributed by atoms with Crippen LogP contribution in [0, 0.1) is 0 Å². The summed E-state index contributed by atoms with van der Waals surface area (Å²) in [4.78, 5) is 0. The largest absolute Gasteiger partial charge is 0.493 e. The molecule has 0 aromatic carbocycles. The quantitative estimate of drug-likeness (QED) is 0.694. The van der Waals surface area contributed by atoms with E-state index < -0.39 is 0 Å². The lowest BCUT2D eigenvalue weighted by atomic mass is 10.3. The van der Waals surface area contributed by atoms with E-state index in [-0.39, 0.29) is 0 Å². The van der Waals surface area contributed by atoms with E-state index in [1.54, 1.807) is 13.3 Å². The predicted molar refractivity (Wildman–Crippen MR) is 61.3 cm³/mol. The first kappa shape index (κ1) is 12.0. The van der Waals surface area contributed by atoms with Gasteiger partial charge in [-0.15, -0.1) is 0 Å². The first-order valence-corrected chi connectivity index (χ1v) is 5.62. The minimum absolute atomic E-state index is 0.895. The second kappa shape index (κ2) is 6.45. The Balaban J connectivity index is 2.53. The van der Waals surface area contributed by atoms with Gasteiger partial charge < -0.3 is 10.1 Å². The van der Waals surface area contributed by atoms with E-state index in [1.165, 1.54) is 12.1 Å². The fraction of sp³-hybridized carbons (Fsp3) is 0.727. The summed E-state index contributed by atoms with van der Waals surface area (Å²) in [5.41, 5.74) is 1.18. The number of hydrogen-bond acceptors (Lipinski definition) is 3. The zero-order chi connectivity index (χ0) is 11.1. The van der Waals surface area contributed by atoms with E-state index in [0.717, 1.165) is 31.8 Å². The van der Waals surface area contributed by atoms with Crippen LogP contribution in [-0.4, -0.2) is 30.0 Å². The molecular formula is C11H21N3O. The number of rotatable bonds is 7. The van der Waals surface area contributed by atoms with E-state index in [0.29, 0.717) is 0 Å². The number of methoxy groups -OCH3 is 1. The summed E-state index contributed by atoms with van der Waals surface area (Å²) in [7, 11) is 1.69. The Morgan fingerprint density at radius 3 is 2.80 bits per heavy atom. The Morgan fingerprint density at radius 1 is 1.40 bits per heavy atom. The van der Waals surface area contributed by atoms with Crippen molar-refractivity contribution in [3.8, 4) is 5.75 Å². The van der Waals surface area contributed by atoms with Gasteiger partial charge in [-0.25, -0.2) is 0 Å². The van der Waals surface area contributed by atoms with Crippen LogP contribution in [-0.2, 0) is 13.0 Å². The van der Waals surface area contributed by atoms with Gasteiger partial charge in [0.2, 0.25) is 0 Å². The van der Waals surface area contributed by atoms with E-state index in [1.807, 2.05) is 4.68 Å². The molecule has 0 saturated heterocycles. The molecule has 0 aliphatic carbocycles. The summed E-state index contributed by atoms with van der Waals surface area (Å²) in [5.74, 6) is 0.898. The van der Waals surface area contributed by atoms with Gasteiger partial charge in [0.1, 0.15) is 0 Å². The molecule has 1 heterocycles. The molecule has 0 unspecified atom stereocenters. The van der Waals surface area contributed by atoms with Crippen molar-refractivity contribution in [2.45, 2.75) is 33.2 Å². The maximum absolute atomic E-state index is 5.27. The molecule has 0 bridgehead atoms. The molecule has 0 atom stereocenters. The average molecular weight is 211 g/mol. The van der Waals surface area contributed by atoms with Crippen molar-refractivity contribution in [3.05, 3.63) is 11.9 Å². The van der Waals surface area contributed by atoms with Crippen LogP contribution < -0.4 is 10.1 Å². The highest BCUT2D eigenvalue weighted by molar-refractivity contribution is 5.25. The van der Waals surface area contributed by atoms with Crippen LogP contribution in [0.3, 0.4) is 0 Å². The molecule has 1 aromatic rings. The normalized spacial score (nSPS) is 10.6. The van der Waals surface area contributed by atoms with Crippen molar-refractivity contribution in [3.63, 3.8) is 0 Å². The van der Waals surface area contributed by atoms with Crippen LogP contribution in [0.25, 0.3) is 0 Å². The molecule has 4 nitrogen and oxygen atoms in total. The van der Waals surface area contributed by atoms with Crippen LogP contribution >= 0.6 is 0 Å². The van der Waals surface area contributed by atoms with E-state index in [2.05, 4.69) is 24.3 Å². The summed E-state index contributed by atoms with van der Waals surface area (Å²) in [6, 6.07) is 0. The lowest BCUT2D eigenvalue weighted by Crippen LogP contribution is -2.19. The molecule has 0 saturated carbocycles. The fourth-order valence-electron chi connectivity index (χ4n) is 1.60. The molecule has 15 heavy (non-hydrogen) atoms. The molecule has 0 aliphatic rings. The smallest absolute Gasteiger partial charge is 0.159 e. The van der Waals surface area contributed by atoms with Gasteiger partial charge in [0.25, 0.3) is 0 Å². The topological polar surface area (TPSA) is 39.1 Å². The van der Waals surface area contributed by atoms with E-state index >= 15 is 0 Å². The molecule has 0 spiro atoms. The van der Waals surface area contributed by atoms with Crippen molar-refractivity contribution in [1.82, 2.24) is 15.1 Å². The number of nitrogens with one attached hydrogen (secondary N) is 1. The van der Waals surface area contributed by atoms with Crippen molar-refractivity contribution in [2.75, 3.05) is 20.2 Å². The number of ether oxygens (including phenoxy) is 1. The number of nitrogens with zero attached hydrogens (tertiary/aromatic N) is 2. The number of aromatic nitrogens is 2. The molecule has 0 fully saturated rings. The third kappa shape index (κ3) is 3.23. The Labute approximate surface area is 91.6 Å². The maximum Gasteiger partial charge on any atom is 0.159 e. The van der Waals surface area contributed by atoms with E-state index in [9.17, 15) is 0 Å². The predicted octanol–water partition coefficient (Wildman–Crippen LogP) is 1.45. The zero-order valence-corrected chi connectivity index (χ0v) is 9.92. The highest BCUT2D eigenvalue weighted by Crippen LogP contribution is 2.17. The van der Waals surface area contributed by atoms with Gasteiger partial charge in [-0.2, -0.15) is 5.10 Å². The molecule has 86 valence electrons. The molecule has 1 N–H and O–H groups in total. The molecular weight excluding hydrogens is 190 g/mol. The number of hydrogen-bond donors (Lipinski definition) is 1. The average Bonchev–Trinajstić information content (AvgIpc) is 2.66. The molecule has 0 radical (unpaired) electrons. The molecule has 1 rings (SSSR count). The second-order valence-corrected chi connectivity index (χ2v) is 3.48.